The van der Waals surface area contributed by atoms with E-state index in [1.54, 1.807) is 25.3 Å². The molecule has 34 heavy (non-hydrogen) atoms. The predicted molar refractivity (Wildman–Crippen MR) is 138 cm³/mol. The molecule has 0 bridgehead atoms. The maximum absolute atomic E-state index is 12.6. The molecule has 2 heterocycles. The number of aliphatic imine (C=N–C) groups is 1. The van der Waals surface area contributed by atoms with Gasteiger partial charge < -0.3 is 14.2 Å². The standard InChI is InChI=1S/C24H23BrN4O4S/c1-4-20-28-29-22(26)17(23(30)27-24(29)34-20)11-15-12-18(25)21(19(13-15)31-3)33-9-8-32-16-7-5-6-14(2)10-16/h5-7,10-13,26H,4,8-9H2,1-3H3/b17-11+,26-22?. The Morgan fingerprint density at radius 1 is 1.21 bits per heavy atom. The Hall–Kier alpha value is -3.11. The summed E-state index contributed by atoms with van der Waals surface area (Å²) in [6, 6.07) is 11.4. The monoisotopic (exact) mass is 542 g/mol. The van der Waals surface area contributed by atoms with Crippen molar-refractivity contribution in [3.8, 4) is 17.2 Å². The third kappa shape index (κ3) is 5.18. The molecule has 0 radical (unpaired) electrons. The van der Waals surface area contributed by atoms with Crippen LogP contribution in [-0.4, -0.2) is 47.3 Å². The molecule has 2 aromatic carbocycles. The third-order valence-corrected chi connectivity index (χ3v) is 6.59. The summed E-state index contributed by atoms with van der Waals surface area (Å²) in [5.74, 6) is 1.32. The number of hydrazone groups is 1. The van der Waals surface area contributed by atoms with E-state index in [9.17, 15) is 4.79 Å². The molecule has 1 N–H and O–H groups in total. The molecule has 2 aliphatic rings. The Balaban J connectivity index is 1.49. The first-order valence-corrected chi connectivity index (χ1v) is 12.2. The zero-order valence-electron chi connectivity index (χ0n) is 18.9. The summed E-state index contributed by atoms with van der Waals surface area (Å²) >= 11 is 4.84. The lowest BCUT2D eigenvalue weighted by molar-refractivity contribution is -0.114. The summed E-state index contributed by atoms with van der Waals surface area (Å²) in [6.07, 6.45) is 2.31. The molecule has 0 atom stereocenters. The van der Waals surface area contributed by atoms with Gasteiger partial charge in [-0.25, -0.2) is 0 Å². The van der Waals surface area contributed by atoms with Crippen molar-refractivity contribution in [1.29, 1.82) is 5.41 Å². The van der Waals surface area contributed by atoms with Crippen molar-refractivity contribution in [3.05, 3.63) is 57.6 Å². The second-order valence-corrected chi connectivity index (χ2v) is 9.31. The van der Waals surface area contributed by atoms with Crippen LogP contribution in [0.5, 0.6) is 17.2 Å². The van der Waals surface area contributed by atoms with Crippen molar-refractivity contribution in [2.24, 2.45) is 10.1 Å². The molecule has 4 rings (SSSR count). The number of aryl methyl sites for hydroxylation is 1. The highest BCUT2D eigenvalue weighted by atomic mass is 79.9. The van der Waals surface area contributed by atoms with E-state index in [0.29, 0.717) is 46.3 Å². The maximum Gasteiger partial charge on any atom is 0.283 e. The molecule has 0 aromatic heterocycles. The number of thioether (sulfide) groups is 1. The van der Waals surface area contributed by atoms with E-state index < -0.39 is 5.91 Å². The van der Waals surface area contributed by atoms with Gasteiger partial charge in [-0.3, -0.25) is 10.2 Å². The Morgan fingerprint density at radius 3 is 2.74 bits per heavy atom. The molecular formula is C24H23BrN4O4S. The average molecular weight is 543 g/mol. The number of amidine groups is 2. The van der Waals surface area contributed by atoms with E-state index in [0.717, 1.165) is 16.4 Å². The first-order chi connectivity index (χ1) is 16.4. The van der Waals surface area contributed by atoms with Crippen molar-refractivity contribution in [2.45, 2.75) is 20.3 Å². The highest BCUT2D eigenvalue weighted by Gasteiger charge is 2.35. The lowest BCUT2D eigenvalue weighted by Gasteiger charge is -2.20. The summed E-state index contributed by atoms with van der Waals surface area (Å²) in [4.78, 5) is 16.7. The summed E-state index contributed by atoms with van der Waals surface area (Å²) in [5, 5.41) is 15.5. The number of nitrogens with one attached hydrogen (secondary N) is 1. The largest absolute Gasteiger partial charge is 0.493 e. The Bertz CT molecular complexity index is 1240. The van der Waals surface area contributed by atoms with E-state index in [-0.39, 0.29) is 11.4 Å². The fourth-order valence-corrected chi connectivity index (χ4v) is 4.71. The maximum atomic E-state index is 12.6. The summed E-state index contributed by atoms with van der Waals surface area (Å²) < 4.78 is 17.8. The zero-order chi connectivity index (χ0) is 24.2. The van der Waals surface area contributed by atoms with Crippen LogP contribution in [0.4, 0.5) is 0 Å². The van der Waals surface area contributed by atoms with Gasteiger partial charge in [0.1, 0.15) is 24.0 Å². The van der Waals surface area contributed by atoms with Crippen molar-refractivity contribution in [1.82, 2.24) is 5.01 Å². The van der Waals surface area contributed by atoms with Crippen molar-refractivity contribution in [3.63, 3.8) is 0 Å². The Morgan fingerprint density at radius 2 is 2.00 bits per heavy atom. The van der Waals surface area contributed by atoms with Crippen LogP contribution in [0.15, 0.2) is 56.5 Å². The molecule has 0 spiro atoms. The zero-order valence-corrected chi connectivity index (χ0v) is 21.3. The number of nitrogens with zero attached hydrogens (tertiary/aromatic N) is 3. The molecule has 176 valence electrons. The number of hydrogen-bond donors (Lipinski definition) is 1. The van der Waals surface area contributed by atoms with Crippen LogP contribution in [0.3, 0.4) is 0 Å². The van der Waals surface area contributed by atoms with Crippen LogP contribution >= 0.6 is 27.7 Å². The number of hydrogen-bond acceptors (Lipinski definition) is 7. The van der Waals surface area contributed by atoms with E-state index >= 15 is 0 Å². The number of carbonyl (C=O) groups is 1. The van der Waals surface area contributed by atoms with E-state index in [4.69, 9.17) is 19.6 Å². The van der Waals surface area contributed by atoms with Crippen molar-refractivity contribution >= 4 is 55.7 Å². The van der Waals surface area contributed by atoms with Gasteiger partial charge in [-0.15, -0.1) is 0 Å². The highest BCUT2D eigenvalue weighted by Crippen LogP contribution is 2.38. The molecule has 2 aromatic rings. The molecule has 2 aliphatic heterocycles. The number of carbonyl (C=O) groups excluding carboxylic acids is 1. The van der Waals surface area contributed by atoms with Gasteiger partial charge in [0.15, 0.2) is 17.3 Å². The Kier molecular flexibility index (Phi) is 7.38. The molecule has 8 nitrogen and oxygen atoms in total. The minimum atomic E-state index is -0.472. The topological polar surface area (TPSA) is 96.6 Å². The highest BCUT2D eigenvalue weighted by molar-refractivity contribution is 9.10. The van der Waals surface area contributed by atoms with Crippen LogP contribution < -0.4 is 14.2 Å². The molecule has 10 heteroatoms. The second kappa shape index (κ2) is 10.4. The molecule has 0 aliphatic carbocycles. The van der Waals surface area contributed by atoms with E-state index in [1.165, 1.54) is 16.8 Å². The molecule has 0 saturated heterocycles. The number of methoxy groups -OCH3 is 1. The molecule has 0 unspecified atom stereocenters. The second-order valence-electron chi connectivity index (χ2n) is 7.41. The lowest BCUT2D eigenvalue weighted by atomic mass is 10.1. The van der Waals surface area contributed by atoms with Gasteiger partial charge in [0, 0.05) is 0 Å². The number of fused-ring (bicyclic) bond motifs is 1. The van der Waals surface area contributed by atoms with Gasteiger partial charge in [-0.2, -0.15) is 15.1 Å². The SMILES string of the molecule is CCC1=NN2C(=N)/C(=C\c3cc(Br)c(OCCOc4cccc(C)c4)c(OC)c3)C(=O)N=C2S1. The van der Waals surface area contributed by atoms with Gasteiger partial charge in [0.2, 0.25) is 5.17 Å². The fraction of sp³-hybridized carbons (Fsp3) is 0.250. The molecule has 0 fully saturated rings. The van der Waals surface area contributed by atoms with Crippen LogP contribution in [0.25, 0.3) is 6.08 Å². The first-order valence-electron chi connectivity index (χ1n) is 10.6. The summed E-state index contributed by atoms with van der Waals surface area (Å²) in [5.41, 5.74) is 1.94. The first kappa shape index (κ1) is 24.0. The summed E-state index contributed by atoms with van der Waals surface area (Å²) in [6.45, 7) is 4.66. The van der Waals surface area contributed by atoms with Crippen LogP contribution in [0.2, 0.25) is 0 Å². The number of amides is 1. The van der Waals surface area contributed by atoms with Crippen molar-refractivity contribution in [2.75, 3.05) is 20.3 Å². The number of benzene rings is 2. The molecule has 1 amide bonds. The number of ether oxygens (including phenoxy) is 3. The van der Waals surface area contributed by atoms with E-state index in [2.05, 4.69) is 26.0 Å². The van der Waals surface area contributed by atoms with Gasteiger partial charge in [0.05, 0.1) is 17.2 Å². The van der Waals surface area contributed by atoms with Crippen LogP contribution in [0.1, 0.15) is 24.5 Å². The molecule has 0 saturated carbocycles. The lowest BCUT2D eigenvalue weighted by Crippen LogP contribution is -2.35. The smallest absolute Gasteiger partial charge is 0.283 e. The minimum absolute atomic E-state index is 0.00494. The van der Waals surface area contributed by atoms with Crippen LogP contribution in [0, 0.1) is 12.3 Å². The number of halogens is 1. The van der Waals surface area contributed by atoms with Gasteiger partial charge in [0.25, 0.3) is 5.91 Å². The normalized spacial score (nSPS) is 16.4. The quantitative estimate of drug-likeness (QED) is 0.361. The van der Waals surface area contributed by atoms with Gasteiger partial charge >= 0.3 is 0 Å². The minimum Gasteiger partial charge on any atom is -0.493 e. The van der Waals surface area contributed by atoms with Gasteiger partial charge in [-0.1, -0.05) is 19.1 Å². The fourth-order valence-electron chi connectivity index (χ4n) is 3.31. The predicted octanol–water partition coefficient (Wildman–Crippen LogP) is 5.25. The Labute approximate surface area is 210 Å². The van der Waals surface area contributed by atoms with Crippen molar-refractivity contribution < 1.29 is 19.0 Å². The average Bonchev–Trinajstić information content (AvgIpc) is 3.23. The number of rotatable bonds is 8. The third-order valence-electron chi connectivity index (χ3n) is 4.95. The van der Waals surface area contributed by atoms with Crippen LogP contribution in [-0.2, 0) is 4.79 Å². The van der Waals surface area contributed by atoms with Gasteiger partial charge in [-0.05, 0) is 82.5 Å². The van der Waals surface area contributed by atoms with E-state index in [1.807, 2.05) is 38.1 Å². The summed E-state index contributed by atoms with van der Waals surface area (Å²) in [7, 11) is 1.54. The molecular weight excluding hydrogens is 520 g/mol.